The third-order valence-corrected chi connectivity index (χ3v) is 5.30. The molecule has 9 nitrogen and oxygen atoms in total. The van der Waals surface area contributed by atoms with Gasteiger partial charge >= 0.3 is 6.18 Å². The van der Waals surface area contributed by atoms with Crippen molar-refractivity contribution in [3.8, 4) is 5.69 Å². The van der Waals surface area contributed by atoms with Crippen LogP contribution in [0.25, 0.3) is 16.5 Å². The summed E-state index contributed by atoms with van der Waals surface area (Å²) in [4.78, 5) is 44.6. The molecule has 0 unspecified atom stereocenters. The molecule has 0 fully saturated rings. The molecular weight excluding hydrogens is 489 g/mol. The van der Waals surface area contributed by atoms with Gasteiger partial charge in [-0.3, -0.25) is 14.4 Å². The number of aromatic amines is 1. The van der Waals surface area contributed by atoms with Crippen LogP contribution in [0.4, 0.5) is 18.9 Å². The second-order valence-electron chi connectivity index (χ2n) is 7.57. The van der Waals surface area contributed by atoms with Crippen molar-refractivity contribution >= 4 is 39.9 Å². The van der Waals surface area contributed by atoms with Crippen LogP contribution in [0, 0.1) is 0 Å². The van der Waals surface area contributed by atoms with Gasteiger partial charge in [0.25, 0.3) is 17.4 Å². The lowest BCUT2D eigenvalue weighted by molar-refractivity contribution is -0.143. The van der Waals surface area contributed by atoms with Gasteiger partial charge in [-0.05, 0) is 24.3 Å². The first kappa shape index (κ1) is 24.0. The number of amides is 2. The van der Waals surface area contributed by atoms with E-state index in [-0.39, 0.29) is 32.9 Å². The summed E-state index contributed by atoms with van der Waals surface area (Å²) >= 11 is 6.07. The van der Waals surface area contributed by atoms with Crippen molar-refractivity contribution < 1.29 is 22.8 Å². The van der Waals surface area contributed by atoms with Gasteiger partial charge in [0.05, 0.1) is 34.4 Å². The zero-order valence-corrected chi connectivity index (χ0v) is 18.9. The fourth-order valence-corrected chi connectivity index (χ4v) is 3.68. The lowest BCUT2D eigenvalue weighted by Crippen LogP contribution is -2.23. The Morgan fingerprint density at radius 1 is 1.14 bits per heavy atom. The summed E-state index contributed by atoms with van der Waals surface area (Å²) in [5.41, 5.74) is -2.71. The SMILES string of the molecule is CN(C)C(=O)c1ncc(NC(=O)c2cnn(-c3cccc4c(=O)[nH]ccc34)c2C(F)(F)F)cc1Cl. The largest absolute Gasteiger partial charge is 0.434 e. The van der Waals surface area contributed by atoms with E-state index in [4.69, 9.17) is 11.6 Å². The van der Waals surface area contributed by atoms with Gasteiger partial charge in [-0.25, -0.2) is 9.67 Å². The Labute approximate surface area is 200 Å². The first-order valence-electron chi connectivity index (χ1n) is 9.93. The third kappa shape index (κ3) is 4.47. The van der Waals surface area contributed by atoms with Gasteiger partial charge in [-0.15, -0.1) is 0 Å². The Kier molecular flexibility index (Phi) is 6.07. The fourth-order valence-electron chi connectivity index (χ4n) is 3.43. The molecule has 4 aromatic rings. The molecule has 3 aromatic heterocycles. The highest BCUT2D eigenvalue weighted by Gasteiger charge is 2.41. The third-order valence-electron chi connectivity index (χ3n) is 5.01. The lowest BCUT2D eigenvalue weighted by Gasteiger charge is -2.14. The van der Waals surface area contributed by atoms with Gasteiger partial charge < -0.3 is 15.2 Å². The summed E-state index contributed by atoms with van der Waals surface area (Å²) < 4.78 is 42.9. The lowest BCUT2D eigenvalue weighted by atomic mass is 10.1. The number of nitrogens with one attached hydrogen (secondary N) is 2. The molecule has 0 saturated carbocycles. The second-order valence-corrected chi connectivity index (χ2v) is 7.98. The Morgan fingerprint density at radius 2 is 1.89 bits per heavy atom. The van der Waals surface area contributed by atoms with E-state index in [1.54, 1.807) is 0 Å². The number of aromatic nitrogens is 4. The number of fused-ring (bicyclic) bond motifs is 1. The van der Waals surface area contributed by atoms with Crippen LogP contribution in [0.1, 0.15) is 26.5 Å². The highest BCUT2D eigenvalue weighted by Crippen LogP contribution is 2.35. The highest BCUT2D eigenvalue weighted by molar-refractivity contribution is 6.33. The molecule has 0 aliphatic carbocycles. The number of H-pyrrole nitrogens is 1. The molecule has 2 amide bonds. The number of nitrogens with zero attached hydrogens (tertiary/aromatic N) is 4. The average Bonchev–Trinajstić information content (AvgIpc) is 3.24. The molecule has 0 aliphatic rings. The predicted octanol–water partition coefficient (Wildman–Crippen LogP) is 3.74. The molecule has 0 radical (unpaired) electrons. The molecular formula is C22H16ClF3N6O3. The number of pyridine rings is 2. The first-order chi connectivity index (χ1) is 16.5. The molecule has 2 N–H and O–H groups in total. The standard InChI is InChI=1S/C22H16ClF3N6O3/c1-31(2)21(35)17-15(23)8-11(9-28-17)30-20(34)14-10-29-32(18(14)22(24,25)26)16-5-3-4-13-12(16)6-7-27-19(13)33/h3-10H,1-2H3,(H,27,33)(H,30,34). The van der Waals surface area contributed by atoms with Gasteiger partial charge in [0.1, 0.15) is 5.69 Å². The molecule has 0 saturated heterocycles. The maximum atomic E-state index is 14.1. The van der Waals surface area contributed by atoms with Crippen LogP contribution in [-0.4, -0.2) is 50.6 Å². The van der Waals surface area contributed by atoms with E-state index in [0.29, 0.717) is 4.68 Å². The monoisotopic (exact) mass is 504 g/mol. The summed E-state index contributed by atoms with van der Waals surface area (Å²) in [5, 5.41) is 6.39. The molecule has 0 bridgehead atoms. The minimum absolute atomic E-state index is 0.0205. The zero-order chi connectivity index (χ0) is 25.5. The molecule has 0 atom stereocenters. The highest BCUT2D eigenvalue weighted by atomic mass is 35.5. The number of hydrogen-bond donors (Lipinski definition) is 2. The fraction of sp³-hybridized carbons (Fsp3) is 0.136. The van der Waals surface area contributed by atoms with E-state index < -0.39 is 34.8 Å². The van der Waals surface area contributed by atoms with Crippen LogP contribution >= 0.6 is 11.6 Å². The number of halogens is 4. The van der Waals surface area contributed by atoms with E-state index in [2.05, 4.69) is 20.4 Å². The van der Waals surface area contributed by atoms with Crippen LogP contribution in [0.3, 0.4) is 0 Å². The van der Waals surface area contributed by atoms with Crippen LogP contribution in [-0.2, 0) is 6.18 Å². The Hall–Kier alpha value is -4.19. The van der Waals surface area contributed by atoms with Gasteiger partial charge in [0, 0.05) is 31.1 Å². The topological polar surface area (TPSA) is 113 Å². The molecule has 3 heterocycles. The number of alkyl halides is 3. The van der Waals surface area contributed by atoms with Crippen molar-refractivity contribution in [3.63, 3.8) is 0 Å². The van der Waals surface area contributed by atoms with E-state index >= 15 is 0 Å². The summed E-state index contributed by atoms with van der Waals surface area (Å²) in [6, 6.07) is 6.88. The minimum atomic E-state index is -4.97. The van der Waals surface area contributed by atoms with Crippen LogP contribution < -0.4 is 10.9 Å². The van der Waals surface area contributed by atoms with Crippen molar-refractivity contribution in [1.29, 1.82) is 0 Å². The number of carbonyl (C=O) groups is 2. The Morgan fingerprint density at radius 3 is 2.54 bits per heavy atom. The number of benzene rings is 1. The average molecular weight is 505 g/mol. The molecule has 0 aliphatic heterocycles. The molecule has 35 heavy (non-hydrogen) atoms. The van der Waals surface area contributed by atoms with E-state index in [1.807, 2.05) is 0 Å². The quantitative estimate of drug-likeness (QED) is 0.439. The summed E-state index contributed by atoms with van der Waals surface area (Å²) in [6.07, 6.45) is -1.78. The van der Waals surface area contributed by atoms with E-state index in [0.717, 1.165) is 12.4 Å². The molecule has 1 aromatic carbocycles. The van der Waals surface area contributed by atoms with E-state index in [1.165, 1.54) is 55.5 Å². The summed E-state index contributed by atoms with van der Waals surface area (Å²) in [6.45, 7) is 0. The predicted molar refractivity (Wildman–Crippen MR) is 122 cm³/mol. The number of anilines is 1. The Bertz CT molecular complexity index is 1530. The maximum absolute atomic E-state index is 14.1. The number of hydrogen-bond acceptors (Lipinski definition) is 5. The van der Waals surface area contributed by atoms with Crippen molar-refractivity contribution in [2.45, 2.75) is 6.18 Å². The van der Waals surface area contributed by atoms with Crippen molar-refractivity contribution in [3.05, 3.63) is 81.3 Å². The minimum Gasteiger partial charge on any atom is -0.343 e. The molecule has 0 spiro atoms. The number of carbonyl (C=O) groups excluding carboxylic acids is 2. The molecule has 180 valence electrons. The zero-order valence-electron chi connectivity index (χ0n) is 18.1. The van der Waals surface area contributed by atoms with Crippen molar-refractivity contribution in [2.24, 2.45) is 0 Å². The van der Waals surface area contributed by atoms with Gasteiger partial charge in [0.2, 0.25) is 0 Å². The first-order valence-corrected chi connectivity index (χ1v) is 10.3. The van der Waals surface area contributed by atoms with Crippen LogP contribution in [0.2, 0.25) is 5.02 Å². The van der Waals surface area contributed by atoms with Gasteiger partial charge in [-0.1, -0.05) is 17.7 Å². The molecule has 13 heteroatoms. The van der Waals surface area contributed by atoms with Gasteiger partial charge in [0.15, 0.2) is 5.69 Å². The molecule has 4 rings (SSSR count). The van der Waals surface area contributed by atoms with Crippen LogP contribution in [0.15, 0.2) is 53.7 Å². The van der Waals surface area contributed by atoms with Crippen LogP contribution in [0.5, 0.6) is 0 Å². The van der Waals surface area contributed by atoms with Gasteiger partial charge in [-0.2, -0.15) is 18.3 Å². The number of rotatable bonds is 4. The Balaban J connectivity index is 1.76. The normalized spacial score (nSPS) is 11.5. The van der Waals surface area contributed by atoms with Crippen molar-refractivity contribution in [1.82, 2.24) is 24.6 Å². The summed E-state index contributed by atoms with van der Waals surface area (Å²) in [7, 11) is 3.00. The van der Waals surface area contributed by atoms with E-state index in [9.17, 15) is 27.6 Å². The smallest absolute Gasteiger partial charge is 0.343 e. The summed E-state index contributed by atoms with van der Waals surface area (Å²) in [5.74, 6) is -1.60. The van der Waals surface area contributed by atoms with Crippen molar-refractivity contribution in [2.75, 3.05) is 19.4 Å². The maximum Gasteiger partial charge on any atom is 0.434 e. The second kappa shape index (κ2) is 8.87.